The van der Waals surface area contributed by atoms with Crippen molar-refractivity contribution < 1.29 is 5.11 Å². The van der Waals surface area contributed by atoms with Crippen molar-refractivity contribution >= 4 is 0 Å². The van der Waals surface area contributed by atoms with Gasteiger partial charge in [-0.05, 0) is 37.2 Å². The number of aliphatic hydroxyl groups is 1. The summed E-state index contributed by atoms with van der Waals surface area (Å²) >= 11 is 0. The van der Waals surface area contributed by atoms with E-state index in [0.29, 0.717) is 6.04 Å². The molecule has 1 rings (SSSR count). The average molecular weight is 238 g/mol. The van der Waals surface area contributed by atoms with Crippen LogP contribution in [0.15, 0.2) is 12.3 Å². The van der Waals surface area contributed by atoms with Crippen LogP contribution in [-0.2, 0) is 6.42 Å². The maximum Gasteiger partial charge on any atom is 0.0631 e. The van der Waals surface area contributed by atoms with Crippen LogP contribution in [0.3, 0.4) is 0 Å². The summed E-state index contributed by atoms with van der Waals surface area (Å²) in [6.07, 6.45) is 6.13. The van der Waals surface area contributed by atoms with Crippen molar-refractivity contribution in [3.05, 3.63) is 18.0 Å². The smallest absolute Gasteiger partial charge is 0.0631 e. The quantitative estimate of drug-likeness (QED) is 0.792. The van der Waals surface area contributed by atoms with E-state index in [1.54, 1.807) is 0 Å². The Labute approximate surface area is 105 Å². The second-order valence-electron chi connectivity index (χ2n) is 5.26. The van der Waals surface area contributed by atoms with Crippen LogP contribution in [0.25, 0.3) is 0 Å². The molecule has 3 heteroatoms. The van der Waals surface area contributed by atoms with Crippen molar-refractivity contribution in [1.82, 2.24) is 9.78 Å². The lowest BCUT2D eigenvalue weighted by Crippen LogP contribution is -2.23. The lowest BCUT2D eigenvalue weighted by Gasteiger charge is -2.24. The lowest BCUT2D eigenvalue weighted by atomic mass is 9.84. The van der Waals surface area contributed by atoms with Gasteiger partial charge in [0.15, 0.2) is 0 Å². The molecule has 1 aromatic heterocycles. The monoisotopic (exact) mass is 238 g/mol. The number of aliphatic hydroxyl groups excluding tert-OH is 1. The third kappa shape index (κ3) is 3.56. The summed E-state index contributed by atoms with van der Waals surface area (Å²) < 4.78 is 2.07. The van der Waals surface area contributed by atoms with Crippen LogP contribution in [0, 0.1) is 5.41 Å². The first-order valence-electron chi connectivity index (χ1n) is 6.73. The van der Waals surface area contributed by atoms with Gasteiger partial charge in [-0.25, -0.2) is 0 Å². The van der Waals surface area contributed by atoms with Gasteiger partial charge in [0.1, 0.15) is 0 Å². The summed E-state index contributed by atoms with van der Waals surface area (Å²) in [6, 6.07) is 2.59. The molecular formula is C14H26N2O. The van der Waals surface area contributed by atoms with E-state index in [-0.39, 0.29) is 12.0 Å². The molecule has 1 unspecified atom stereocenters. The molecule has 0 fully saturated rings. The van der Waals surface area contributed by atoms with E-state index in [2.05, 4.69) is 49.7 Å². The van der Waals surface area contributed by atoms with E-state index in [1.165, 1.54) is 0 Å². The molecular weight excluding hydrogens is 212 g/mol. The molecule has 1 heterocycles. The normalized spacial score (nSPS) is 15.2. The summed E-state index contributed by atoms with van der Waals surface area (Å²) in [5.41, 5.74) is 1.06. The number of hydrogen-bond acceptors (Lipinski definition) is 2. The topological polar surface area (TPSA) is 38.0 Å². The van der Waals surface area contributed by atoms with E-state index < -0.39 is 0 Å². The molecule has 3 nitrogen and oxygen atoms in total. The molecule has 1 N–H and O–H groups in total. The standard InChI is InChI=1S/C14H26N2O/c1-5-13(6-2)16-9-8-12(15-16)10-14(4,7-3)11-17/h8-9,13,17H,5-7,10-11H2,1-4H3. The number of rotatable bonds is 7. The molecule has 0 radical (unpaired) electrons. The second kappa shape index (κ2) is 6.20. The van der Waals surface area contributed by atoms with E-state index >= 15 is 0 Å². The summed E-state index contributed by atoms with van der Waals surface area (Å²) in [5, 5.41) is 14.1. The average Bonchev–Trinajstić information content (AvgIpc) is 2.79. The molecule has 98 valence electrons. The van der Waals surface area contributed by atoms with Crippen molar-refractivity contribution in [2.75, 3.05) is 6.61 Å². The zero-order valence-electron chi connectivity index (χ0n) is 11.6. The maximum atomic E-state index is 9.42. The van der Waals surface area contributed by atoms with Crippen LogP contribution >= 0.6 is 0 Å². The third-order valence-electron chi connectivity index (χ3n) is 3.82. The van der Waals surface area contributed by atoms with Crippen LogP contribution in [0.1, 0.15) is 58.7 Å². The predicted octanol–water partition coefficient (Wildman–Crippen LogP) is 3.20. The Bertz CT molecular complexity index is 325. The Morgan fingerprint density at radius 2 is 2.00 bits per heavy atom. The van der Waals surface area contributed by atoms with Gasteiger partial charge in [0, 0.05) is 12.8 Å². The van der Waals surface area contributed by atoms with Crippen LogP contribution in [0.5, 0.6) is 0 Å². The van der Waals surface area contributed by atoms with Gasteiger partial charge in [0.25, 0.3) is 0 Å². The van der Waals surface area contributed by atoms with Crippen molar-refractivity contribution in [2.45, 2.75) is 59.4 Å². The lowest BCUT2D eigenvalue weighted by molar-refractivity contribution is 0.136. The minimum absolute atomic E-state index is 0.0346. The van der Waals surface area contributed by atoms with Gasteiger partial charge in [0.05, 0.1) is 11.7 Å². The highest BCUT2D eigenvalue weighted by Gasteiger charge is 2.23. The molecule has 1 atom stereocenters. The molecule has 0 spiro atoms. The molecule has 1 aromatic rings. The van der Waals surface area contributed by atoms with Crippen LogP contribution in [0.2, 0.25) is 0 Å². The first-order valence-corrected chi connectivity index (χ1v) is 6.73. The molecule has 0 aromatic carbocycles. The van der Waals surface area contributed by atoms with Crippen LogP contribution in [0.4, 0.5) is 0 Å². The zero-order valence-corrected chi connectivity index (χ0v) is 11.6. The third-order valence-corrected chi connectivity index (χ3v) is 3.82. The van der Waals surface area contributed by atoms with Gasteiger partial charge in [-0.1, -0.05) is 27.7 Å². The SMILES string of the molecule is CCC(CC)n1ccc(CC(C)(CC)CO)n1. The van der Waals surface area contributed by atoms with Gasteiger partial charge < -0.3 is 5.11 Å². The highest BCUT2D eigenvalue weighted by molar-refractivity contribution is 5.03. The summed E-state index contributed by atoms with van der Waals surface area (Å²) in [5.74, 6) is 0. The summed E-state index contributed by atoms with van der Waals surface area (Å²) in [6.45, 7) is 8.84. The van der Waals surface area contributed by atoms with Gasteiger partial charge in [-0.15, -0.1) is 0 Å². The first kappa shape index (κ1) is 14.2. The number of aromatic nitrogens is 2. The highest BCUT2D eigenvalue weighted by atomic mass is 16.3. The Kier molecular flexibility index (Phi) is 5.19. The largest absolute Gasteiger partial charge is 0.396 e. The minimum atomic E-state index is -0.0346. The van der Waals surface area contributed by atoms with Crippen molar-refractivity contribution in [1.29, 1.82) is 0 Å². The maximum absolute atomic E-state index is 9.42. The molecule has 0 bridgehead atoms. The van der Waals surface area contributed by atoms with Gasteiger partial charge in [0.2, 0.25) is 0 Å². The fourth-order valence-corrected chi connectivity index (χ4v) is 2.07. The Balaban J connectivity index is 2.74. The second-order valence-corrected chi connectivity index (χ2v) is 5.26. The minimum Gasteiger partial charge on any atom is -0.396 e. The molecule has 0 amide bonds. The van der Waals surface area contributed by atoms with Crippen LogP contribution < -0.4 is 0 Å². The van der Waals surface area contributed by atoms with E-state index in [4.69, 9.17) is 0 Å². The molecule has 0 aliphatic carbocycles. The highest BCUT2D eigenvalue weighted by Crippen LogP contribution is 2.25. The fourth-order valence-electron chi connectivity index (χ4n) is 2.07. The molecule has 0 saturated heterocycles. The van der Waals surface area contributed by atoms with Gasteiger partial charge in [-0.3, -0.25) is 4.68 Å². The van der Waals surface area contributed by atoms with E-state index in [0.717, 1.165) is 31.4 Å². The van der Waals surface area contributed by atoms with Crippen molar-refractivity contribution in [3.8, 4) is 0 Å². The molecule has 0 aliphatic rings. The van der Waals surface area contributed by atoms with Crippen molar-refractivity contribution in [2.24, 2.45) is 5.41 Å². The van der Waals surface area contributed by atoms with Gasteiger partial charge >= 0.3 is 0 Å². The van der Waals surface area contributed by atoms with E-state index in [1.807, 2.05) is 0 Å². The Morgan fingerprint density at radius 3 is 2.47 bits per heavy atom. The Hall–Kier alpha value is -0.830. The fraction of sp³-hybridized carbons (Fsp3) is 0.786. The number of hydrogen-bond donors (Lipinski definition) is 1. The predicted molar refractivity (Wildman–Crippen MR) is 71.0 cm³/mol. The van der Waals surface area contributed by atoms with Gasteiger partial charge in [-0.2, -0.15) is 5.10 Å². The summed E-state index contributed by atoms with van der Waals surface area (Å²) in [7, 11) is 0. The van der Waals surface area contributed by atoms with Crippen LogP contribution in [-0.4, -0.2) is 21.5 Å². The van der Waals surface area contributed by atoms with E-state index in [9.17, 15) is 5.11 Å². The van der Waals surface area contributed by atoms with Crippen molar-refractivity contribution in [3.63, 3.8) is 0 Å². The molecule has 0 saturated carbocycles. The first-order chi connectivity index (χ1) is 8.08. The molecule has 17 heavy (non-hydrogen) atoms. The Morgan fingerprint density at radius 1 is 1.35 bits per heavy atom. The molecule has 0 aliphatic heterocycles. The summed E-state index contributed by atoms with van der Waals surface area (Å²) in [4.78, 5) is 0. The zero-order chi connectivity index (χ0) is 12.9. The number of nitrogens with zero attached hydrogens (tertiary/aromatic N) is 2.